The predicted molar refractivity (Wildman–Crippen MR) is 60.6 cm³/mol. The molecule has 0 fully saturated rings. The fourth-order valence-corrected chi connectivity index (χ4v) is 2.67. The van der Waals surface area contributed by atoms with Crippen LogP contribution in [-0.4, -0.2) is 16.2 Å². The summed E-state index contributed by atoms with van der Waals surface area (Å²) in [6.45, 7) is 1.97. The smallest absolute Gasteiger partial charge is 0.304 e. The van der Waals surface area contributed by atoms with Crippen LogP contribution in [0.25, 0.3) is 0 Å². The summed E-state index contributed by atoms with van der Waals surface area (Å²) < 4.78 is 0. The second-order valence-corrected chi connectivity index (χ2v) is 4.83. The van der Waals surface area contributed by atoms with Gasteiger partial charge < -0.3 is 10.2 Å². The lowest BCUT2D eigenvalue weighted by molar-refractivity contribution is -0.138. The normalized spacial score (nSPS) is 23.8. The van der Waals surface area contributed by atoms with Gasteiger partial charge in [-0.15, -0.1) is 0 Å². The van der Waals surface area contributed by atoms with Crippen molar-refractivity contribution < 1.29 is 15.0 Å². The number of hydrogen-bond donors (Lipinski definition) is 2. The van der Waals surface area contributed by atoms with Crippen LogP contribution in [0.4, 0.5) is 0 Å². The van der Waals surface area contributed by atoms with Gasteiger partial charge in [-0.3, -0.25) is 4.79 Å². The Balaban J connectivity index is 2.45. The molecule has 0 radical (unpaired) electrons. The third-order valence-corrected chi connectivity index (χ3v) is 3.46. The van der Waals surface area contributed by atoms with Crippen LogP contribution in [0, 0.1) is 0 Å². The van der Waals surface area contributed by atoms with E-state index in [2.05, 4.69) is 0 Å². The highest BCUT2D eigenvalue weighted by Gasteiger charge is 2.34. The largest absolute Gasteiger partial charge is 0.508 e. The second kappa shape index (κ2) is 3.81. The monoisotopic (exact) mass is 220 g/mol. The molecule has 0 bridgehead atoms. The molecule has 1 aromatic rings. The maximum atomic E-state index is 10.9. The quantitative estimate of drug-likeness (QED) is 0.805. The number of carboxylic acids is 1. The summed E-state index contributed by atoms with van der Waals surface area (Å²) in [4.78, 5) is 10.9. The number of aryl methyl sites for hydroxylation is 1. The number of rotatable bonds is 2. The van der Waals surface area contributed by atoms with E-state index in [1.165, 1.54) is 5.56 Å². The molecule has 2 N–H and O–H groups in total. The summed E-state index contributed by atoms with van der Waals surface area (Å²) >= 11 is 0. The summed E-state index contributed by atoms with van der Waals surface area (Å²) in [7, 11) is 0. The van der Waals surface area contributed by atoms with Crippen LogP contribution in [0.1, 0.15) is 37.3 Å². The molecule has 1 atom stereocenters. The van der Waals surface area contributed by atoms with Crippen LogP contribution in [0.2, 0.25) is 0 Å². The summed E-state index contributed by atoms with van der Waals surface area (Å²) in [5.74, 6) is -0.559. The average molecular weight is 220 g/mol. The molecule has 0 saturated carbocycles. The van der Waals surface area contributed by atoms with Gasteiger partial charge in [0.25, 0.3) is 0 Å². The Hall–Kier alpha value is -1.51. The van der Waals surface area contributed by atoms with Crippen LogP contribution in [0.5, 0.6) is 5.75 Å². The minimum absolute atomic E-state index is 0.128. The maximum Gasteiger partial charge on any atom is 0.304 e. The summed E-state index contributed by atoms with van der Waals surface area (Å²) in [5.41, 5.74) is 1.84. The first-order valence-corrected chi connectivity index (χ1v) is 5.55. The van der Waals surface area contributed by atoms with E-state index in [0.717, 1.165) is 24.8 Å². The van der Waals surface area contributed by atoms with Crippen molar-refractivity contribution in [3.63, 3.8) is 0 Å². The van der Waals surface area contributed by atoms with E-state index in [1.54, 1.807) is 12.1 Å². The third kappa shape index (κ3) is 1.90. The predicted octanol–water partition coefficient (Wildman–Crippen LogP) is 2.46. The molecule has 1 unspecified atom stereocenters. The first-order chi connectivity index (χ1) is 7.51. The van der Waals surface area contributed by atoms with E-state index < -0.39 is 5.97 Å². The van der Waals surface area contributed by atoms with Gasteiger partial charge in [-0.1, -0.05) is 13.0 Å². The number of carboxylic acid groups (broad SMARTS) is 1. The Morgan fingerprint density at radius 1 is 1.50 bits per heavy atom. The molecule has 16 heavy (non-hydrogen) atoms. The van der Waals surface area contributed by atoms with Crippen LogP contribution in [0.15, 0.2) is 18.2 Å². The van der Waals surface area contributed by atoms with Gasteiger partial charge in [0.15, 0.2) is 0 Å². The van der Waals surface area contributed by atoms with Gasteiger partial charge in [0, 0.05) is 5.41 Å². The molecule has 0 amide bonds. The molecule has 0 heterocycles. The highest BCUT2D eigenvalue weighted by Crippen LogP contribution is 2.40. The van der Waals surface area contributed by atoms with E-state index in [-0.39, 0.29) is 17.6 Å². The first-order valence-electron chi connectivity index (χ1n) is 5.55. The Bertz CT molecular complexity index is 425. The minimum atomic E-state index is -0.779. The van der Waals surface area contributed by atoms with Crippen molar-refractivity contribution in [3.8, 4) is 5.75 Å². The fraction of sp³-hybridized carbons (Fsp3) is 0.462. The van der Waals surface area contributed by atoms with Gasteiger partial charge in [-0.05, 0) is 42.5 Å². The highest BCUT2D eigenvalue weighted by atomic mass is 16.4. The zero-order chi connectivity index (χ0) is 11.8. The summed E-state index contributed by atoms with van der Waals surface area (Å²) in [6, 6.07) is 5.30. The van der Waals surface area contributed by atoms with Crippen molar-refractivity contribution in [3.05, 3.63) is 29.3 Å². The van der Waals surface area contributed by atoms with Gasteiger partial charge in [0.1, 0.15) is 5.75 Å². The van der Waals surface area contributed by atoms with Gasteiger partial charge in [-0.25, -0.2) is 0 Å². The number of phenols is 1. The van der Waals surface area contributed by atoms with Crippen molar-refractivity contribution in [2.75, 3.05) is 0 Å². The molecule has 2 rings (SSSR count). The molecule has 1 aromatic carbocycles. The molecule has 1 aliphatic rings. The van der Waals surface area contributed by atoms with Crippen LogP contribution in [-0.2, 0) is 16.6 Å². The molecule has 0 spiro atoms. The van der Waals surface area contributed by atoms with Crippen LogP contribution >= 0.6 is 0 Å². The Labute approximate surface area is 94.7 Å². The lowest BCUT2D eigenvalue weighted by atomic mass is 9.69. The molecule has 0 aliphatic heterocycles. The zero-order valence-corrected chi connectivity index (χ0v) is 9.36. The molecule has 3 nitrogen and oxygen atoms in total. The molecule has 0 saturated heterocycles. The SMILES string of the molecule is CC1(CC(=O)O)CCCc2ccc(O)cc21. The molecule has 86 valence electrons. The van der Waals surface area contributed by atoms with Crippen molar-refractivity contribution >= 4 is 5.97 Å². The number of aliphatic carboxylic acids is 1. The number of hydrogen-bond acceptors (Lipinski definition) is 2. The lowest BCUT2D eigenvalue weighted by Gasteiger charge is -2.34. The van der Waals surface area contributed by atoms with E-state index in [4.69, 9.17) is 5.11 Å². The average Bonchev–Trinajstić information content (AvgIpc) is 2.18. The van der Waals surface area contributed by atoms with Crippen LogP contribution in [0.3, 0.4) is 0 Å². The van der Waals surface area contributed by atoms with E-state index in [1.807, 2.05) is 13.0 Å². The van der Waals surface area contributed by atoms with Gasteiger partial charge in [0.2, 0.25) is 0 Å². The Morgan fingerprint density at radius 2 is 2.25 bits per heavy atom. The molecule has 0 aromatic heterocycles. The Kier molecular flexibility index (Phi) is 2.62. The Morgan fingerprint density at radius 3 is 2.94 bits per heavy atom. The van der Waals surface area contributed by atoms with Crippen molar-refractivity contribution in [1.82, 2.24) is 0 Å². The van der Waals surface area contributed by atoms with Gasteiger partial charge in [0.05, 0.1) is 6.42 Å². The van der Waals surface area contributed by atoms with E-state index in [9.17, 15) is 9.90 Å². The van der Waals surface area contributed by atoms with E-state index in [0.29, 0.717) is 0 Å². The second-order valence-electron chi connectivity index (χ2n) is 4.83. The van der Waals surface area contributed by atoms with Gasteiger partial charge >= 0.3 is 5.97 Å². The summed E-state index contributed by atoms with van der Waals surface area (Å²) in [6.07, 6.45) is 2.99. The fourth-order valence-electron chi connectivity index (χ4n) is 2.67. The summed E-state index contributed by atoms with van der Waals surface area (Å²) in [5, 5.41) is 18.5. The van der Waals surface area contributed by atoms with Gasteiger partial charge in [-0.2, -0.15) is 0 Å². The standard InChI is InChI=1S/C13H16O3/c1-13(8-12(15)16)6-2-3-9-4-5-10(14)7-11(9)13/h4-5,7,14H,2-3,6,8H2,1H3,(H,15,16). The van der Waals surface area contributed by atoms with Crippen LogP contribution < -0.4 is 0 Å². The third-order valence-electron chi connectivity index (χ3n) is 3.46. The molecule has 1 aliphatic carbocycles. The number of phenolic OH excluding ortho intramolecular Hbond substituents is 1. The topological polar surface area (TPSA) is 57.5 Å². The van der Waals surface area contributed by atoms with Crippen molar-refractivity contribution in [2.24, 2.45) is 0 Å². The highest BCUT2D eigenvalue weighted by molar-refractivity contribution is 5.69. The maximum absolute atomic E-state index is 10.9. The number of carbonyl (C=O) groups is 1. The molecular weight excluding hydrogens is 204 g/mol. The minimum Gasteiger partial charge on any atom is -0.508 e. The first kappa shape index (κ1) is 11.0. The van der Waals surface area contributed by atoms with E-state index >= 15 is 0 Å². The number of fused-ring (bicyclic) bond motifs is 1. The zero-order valence-electron chi connectivity index (χ0n) is 9.36. The lowest BCUT2D eigenvalue weighted by Crippen LogP contribution is -2.30. The van der Waals surface area contributed by atoms with Crippen molar-refractivity contribution in [1.29, 1.82) is 0 Å². The number of aromatic hydroxyl groups is 1. The molecular formula is C13H16O3. The van der Waals surface area contributed by atoms with Crippen molar-refractivity contribution in [2.45, 2.75) is 38.0 Å². The number of benzene rings is 1. The molecule has 3 heteroatoms.